The highest BCUT2D eigenvalue weighted by molar-refractivity contribution is 7.83. The standard InChI is InChI=1S/C14H12F2OS/c15-13-6-3-4-11(8-13)9-18(17)10-12-5-1-2-7-14(12)16/h1-8H,9-10H2. The molecule has 1 unspecified atom stereocenters. The molecule has 0 spiro atoms. The summed E-state index contributed by atoms with van der Waals surface area (Å²) in [6, 6.07) is 12.2. The molecule has 0 saturated carbocycles. The molecule has 0 aliphatic rings. The molecule has 94 valence electrons. The van der Waals surface area contributed by atoms with Crippen molar-refractivity contribution in [3.8, 4) is 0 Å². The second kappa shape index (κ2) is 5.87. The van der Waals surface area contributed by atoms with Crippen LogP contribution in [0, 0.1) is 11.6 Å². The Morgan fingerprint density at radius 1 is 0.944 bits per heavy atom. The fourth-order valence-corrected chi connectivity index (χ4v) is 2.89. The maximum atomic E-state index is 13.4. The van der Waals surface area contributed by atoms with Gasteiger partial charge in [0, 0.05) is 22.1 Å². The summed E-state index contributed by atoms with van der Waals surface area (Å²) in [6.07, 6.45) is 0. The highest BCUT2D eigenvalue weighted by Gasteiger charge is 2.07. The predicted molar refractivity (Wildman–Crippen MR) is 68.4 cm³/mol. The molecule has 0 aromatic heterocycles. The third-order valence-electron chi connectivity index (χ3n) is 2.49. The van der Waals surface area contributed by atoms with Crippen LogP contribution in [0.2, 0.25) is 0 Å². The van der Waals surface area contributed by atoms with Crippen LogP contribution in [-0.2, 0) is 22.3 Å². The number of benzene rings is 2. The van der Waals surface area contributed by atoms with Gasteiger partial charge in [0.05, 0.1) is 5.75 Å². The van der Waals surface area contributed by atoms with E-state index >= 15 is 0 Å². The summed E-state index contributed by atoms with van der Waals surface area (Å²) >= 11 is 0. The van der Waals surface area contributed by atoms with E-state index in [2.05, 4.69) is 0 Å². The molecule has 2 aromatic rings. The van der Waals surface area contributed by atoms with Crippen molar-refractivity contribution in [2.75, 3.05) is 0 Å². The summed E-state index contributed by atoms with van der Waals surface area (Å²) in [5.41, 5.74) is 1.08. The van der Waals surface area contributed by atoms with Gasteiger partial charge in [-0.2, -0.15) is 0 Å². The third-order valence-corrected chi connectivity index (χ3v) is 3.78. The number of hydrogen-bond acceptors (Lipinski definition) is 1. The van der Waals surface area contributed by atoms with Crippen molar-refractivity contribution in [1.29, 1.82) is 0 Å². The van der Waals surface area contributed by atoms with E-state index in [0.717, 1.165) is 0 Å². The van der Waals surface area contributed by atoms with E-state index in [1.165, 1.54) is 18.2 Å². The molecule has 1 atom stereocenters. The molecule has 18 heavy (non-hydrogen) atoms. The quantitative estimate of drug-likeness (QED) is 0.828. The molecule has 0 fully saturated rings. The van der Waals surface area contributed by atoms with Crippen LogP contribution in [-0.4, -0.2) is 4.21 Å². The Morgan fingerprint density at radius 2 is 1.72 bits per heavy atom. The van der Waals surface area contributed by atoms with E-state index in [0.29, 0.717) is 11.1 Å². The van der Waals surface area contributed by atoms with Crippen LogP contribution in [0.5, 0.6) is 0 Å². The van der Waals surface area contributed by atoms with Crippen molar-refractivity contribution in [2.24, 2.45) is 0 Å². The second-order valence-electron chi connectivity index (χ2n) is 3.95. The molecule has 2 aromatic carbocycles. The van der Waals surface area contributed by atoms with E-state index in [4.69, 9.17) is 0 Å². The monoisotopic (exact) mass is 266 g/mol. The van der Waals surface area contributed by atoms with E-state index < -0.39 is 10.8 Å². The van der Waals surface area contributed by atoms with Crippen molar-refractivity contribution in [2.45, 2.75) is 11.5 Å². The van der Waals surface area contributed by atoms with Gasteiger partial charge in [0.1, 0.15) is 11.6 Å². The lowest BCUT2D eigenvalue weighted by Gasteiger charge is -2.04. The van der Waals surface area contributed by atoms with Crippen LogP contribution >= 0.6 is 0 Å². The highest BCUT2D eigenvalue weighted by atomic mass is 32.2. The number of halogens is 2. The lowest BCUT2D eigenvalue weighted by Crippen LogP contribution is -2.01. The van der Waals surface area contributed by atoms with E-state index in [9.17, 15) is 13.0 Å². The average molecular weight is 266 g/mol. The number of hydrogen-bond donors (Lipinski definition) is 0. The van der Waals surface area contributed by atoms with E-state index in [1.807, 2.05) is 0 Å². The first kappa shape index (κ1) is 12.9. The normalized spacial score (nSPS) is 12.3. The zero-order valence-electron chi connectivity index (χ0n) is 9.61. The first-order chi connectivity index (χ1) is 8.65. The van der Waals surface area contributed by atoms with Crippen molar-refractivity contribution in [3.05, 3.63) is 71.3 Å². The smallest absolute Gasteiger partial charge is 0.127 e. The molecule has 0 saturated heterocycles. The lowest BCUT2D eigenvalue weighted by atomic mass is 10.2. The van der Waals surface area contributed by atoms with Gasteiger partial charge in [-0.15, -0.1) is 0 Å². The maximum Gasteiger partial charge on any atom is 0.127 e. The molecule has 0 amide bonds. The molecule has 2 rings (SSSR count). The van der Waals surface area contributed by atoms with Crippen molar-refractivity contribution in [1.82, 2.24) is 0 Å². The molecule has 4 heteroatoms. The van der Waals surface area contributed by atoms with Crippen LogP contribution in [0.1, 0.15) is 11.1 Å². The van der Waals surface area contributed by atoms with Gasteiger partial charge >= 0.3 is 0 Å². The van der Waals surface area contributed by atoms with Gasteiger partial charge in [-0.1, -0.05) is 30.3 Å². The van der Waals surface area contributed by atoms with Gasteiger partial charge in [0.25, 0.3) is 0 Å². The summed E-state index contributed by atoms with van der Waals surface area (Å²) in [5, 5.41) is 0. The Bertz CT molecular complexity index is 569. The first-order valence-electron chi connectivity index (χ1n) is 5.48. The first-order valence-corrected chi connectivity index (χ1v) is 6.97. The minimum atomic E-state index is -1.25. The molecule has 0 N–H and O–H groups in total. The van der Waals surface area contributed by atoms with E-state index in [1.54, 1.807) is 30.3 Å². The minimum absolute atomic E-state index is 0.142. The van der Waals surface area contributed by atoms with Gasteiger partial charge in [0.15, 0.2) is 0 Å². The molecular formula is C14H12F2OS. The van der Waals surface area contributed by atoms with Gasteiger partial charge < -0.3 is 0 Å². The van der Waals surface area contributed by atoms with E-state index in [-0.39, 0.29) is 23.1 Å². The fourth-order valence-electron chi connectivity index (χ4n) is 1.65. The van der Waals surface area contributed by atoms with Gasteiger partial charge in [0.2, 0.25) is 0 Å². The molecular weight excluding hydrogens is 254 g/mol. The van der Waals surface area contributed by atoms with Crippen LogP contribution in [0.4, 0.5) is 8.78 Å². The maximum absolute atomic E-state index is 13.4. The van der Waals surface area contributed by atoms with Crippen LogP contribution < -0.4 is 0 Å². The second-order valence-corrected chi connectivity index (χ2v) is 5.41. The Hall–Kier alpha value is -1.55. The molecule has 0 bridgehead atoms. The van der Waals surface area contributed by atoms with Crippen molar-refractivity contribution >= 4 is 10.8 Å². The summed E-state index contributed by atoms with van der Waals surface area (Å²) in [7, 11) is -1.25. The SMILES string of the molecule is O=S(Cc1cccc(F)c1)Cc1ccccc1F. The Kier molecular flexibility index (Phi) is 4.20. The predicted octanol–water partition coefficient (Wildman–Crippen LogP) is 3.41. The fraction of sp³-hybridized carbons (Fsp3) is 0.143. The largest absolute Gasteiger partial charge is 0.259 e. The average Bonchev–Trinajstić information content (AvgIpc) is 2.32. The van der Waals surface area contributed by atoms with Crippen molar-refractivity contribution in [3.63, 3.8) is 0 Å². The minimum Gasteiger partial charge on any atom is -0.259 e. The van der Waals surface area contributed by atoms with Crippen LogP contribution in [0.25, 0.3) is 0 Å². The topological polar surface area (TPSA) is 17.1 Å². The Labute approximate surface area is 107 Å². The highest BCUT2D eigenvalue weighted by Crippen LogP contribution is 2.13. The van der Waals surface area contributed by atoms with Gasteiger partial charge in [-0.25, -0.2) is 8.78 Å². The Balaban J connectivity index is 2.03. The Morgan fingerprint density at radius 3 is 2.44 bits per heavy atom. The van der Waals surface area contributed by atoms with Crippen LogP contribution in [0.15, 0.2) is 48.5 Å². The summed E-state index contributed by atoms with van der Waals surface area (Å²) < 4.78 is 38.2. The summed E-state index contributed by atoms with van der Waals surface area (Å²) in [5.74, 6) is -0.338. The summed E-state index contributed by atoms with van der Waals surface area (Å²) in [6.45, 7) is 0. The molecule has 0 heterocycles. The van der Waals surface area contributed by atoms with Gasteiger partial charge in [-0.05, 0) is 23.8 Å². The third kappa shape index (κ3) is 3.47. The van der Waals surface area contributed by atoms with Crippen LogP contribution in [0.3, 0.4) is 0 Å². The zero-order chi connectivity index (χ0) is 13.0. The molecule has 1 nitrogen and oxygen atoms in total. The van der Waals surface area contributed by atoms with Gasteiger partial charge in [-0.3, -0.25) is 4.21 Å². The summed E-state index contributed by atoms with van der Waals surface area (Å²) in [4.78, 5) is 0. The lowest BCUT2D eigenvalue weighted by molar-refractivity contribution is 0.615. The zero-order valence-corrected chi connectivity index (χ0v) is 10.4. The molecule has 0 aliphatic carbocycles. The molecule has 0 radical (unpaired) electrons. The van der Waals surface area contributed by atoms with Crippen molar-refractivity contribution < 1.29 is 13.0 Å². The molecule has 0 aliphatic heterocycles. The number of rotatable bonds is 4.